The second kappa shape index (κ2) is 10.4. The van der Waals surface area contributed by atoms with Crippen molar-refractivity contribution in [2.75, 3.05) is 7.11 Å². The minimum Gasteiger partial charge on any atom is -0.458 e. The number of nitrogens with zero attached hydrogens (tertiary/aromatic N) is 1. The van der Waals surface area contributed by atoms with E-state index in [1.165, 1.54) is 12.1 Å². The number of benzene rings is 1. The summed E-state index contributed by atoms with van der Waals surface area (Å²) in [6.45, 7) is 8.72. The SMILES string of the molecule is COCc1c(C(C)C)nc(C(C)C)c(/C=C/[C@@H]2CC(O)CC(=O)O2)c1-c1ccc(F)cc1. The van der Waals surface area contributed by atoms with Gasteiger partial charge in [0, 0.05) is 30.4 Å². The fraction of sp³-hybridized carbons (Fsp3) is 0.462. The first-order valence-electron chi connectivity index (χ1n) is 11.1. The quantitative estimate of drug-likeness (QED) is 0.586. The van der Waals surface area contributed by atoms with E-state index in [0.29, 0.717) is 13.0 Å². The second-order valence-corrected chi connectivity index (χ2v) is 8.88. The van der Waals surface area contributed by atoms with Crippen molar-refractivity contribution in [1.29, 1.82) is 0 Å². The van der Waals surface area contributed by atoms with Crippen molar-refractivity contribution in [2.45, 2.75) is 71.2 Å². The van der Waals surface area contributed by atoms with Crippen LogP contribution in [-0.4, -0.2) is 35.4 Å². The highest BCUT2D eigenvalue weighted by Crippen LogP contribution is 2.38. The Hall–Kier alpha value is -2.57. The Morgan fingerprint density at radius 1 is 1.19 bits per heavy atom. The molecule has 0 radical (unpaired) electrons. The number of cyclic esters (lactones) is 1. The Morgan fingerprint density at radius 2 is 1.84 bits per heavy atom. The van der Waals surface area contributed by atoms with E-state index < -0.39 is 18.2 Å². The van der Waals surface area contributed by atoms with Gasteiger partial charge >= 0.3 is 5.97 Å². The molecule has 1 saturated heterocycles. The van der Waals surface area contributed by atoms with Gasteiger partial charge in [-0.3, -0.25) is 9.78 Å². The molecule has 0 spiro atoms. The molecule has 0 saturated carbocycles. The molecule has 6 heteroatoms. The van der Waals surface area contributed by atoms with Gasteiger partial charge in [0.25, 0.3) is 0 Å². The zero-order chi connectivity index (χ0) is 23.4. The fourth-order valence-electron chi connectivity index (χ4n) is 4.13. The third-order valence-electron chi connectivity index (χ3n) is 5.58. The number of carbonyl (C=O) groups excluding carboxylic acids is 1. The van der Waals surface area contributed by atoms with Crippen LogP contribution in [0.5, 0.6) is 0 Å². The van der Waals surface area contributed by atoms with Gasteiger partial charge in [0.15, 0.2) is 0 Å². The number of aliphatic hydroxyl groups excluding tert-OH is 1. The number of carbonyl (C=O) groups is 1. The topological polar surface area (TPSA) is 68.7 Å². The van der Waals surface area contributed by atoms with Gasteiger partial charge in [-0.1, -0.05) is 45.9 Å². The van der Waals surface area contributed by atoms with E-state index in [4.69, 9.17) is 14.5 Å². The van der Waals surface area contributed by atoms with Gasteiger partial charge in [0.05, 0.1) is 24.8 Å². The van der Waals surface area contributed by atoms with E-state index >= 15 is 0 Å². The summed E-state index contributed by atoms with van der Waals surface area (Å²) in [6.07, 6.45) is 2.88. The molecule has 1 aromatic heterocycles. The normalized spacial score (nSPS) is 19.2. The molecule has 1 N–H and O–H groups in total. The lowest BCUT2D eigenvalue weighted by Gasteiger charge is -2.25. The summed E-state index contributed by atoms with van der Waals surface area (Å²) in [4.78, 5) is 16.8. The van der Waals surface area contributed by atoms with Crippen LogP contribution in [0.1, 0.15) is 74.9 Å². The van der Waals surface area contributed by atoms with Crippen LogP contribution in [0.25, 0.3) is 17.2 Å². The minimum atomic E-state index is -0.711. The van der Waals surface area contributed by atoms with Gasteiger partial charge < -0.3 is 14.6 Å². The zero-order valence-corrected chi connectivity index (χ0v) is 19.4. The monoisotopic (exact) mass is 441 g/mol. The van der Waals surface area contributed by atoms with Crippen LogP contribution >= 0.6 is 0 Å². The molecule has 2 heterocycles. The van der Waals surface area contributed by atoms with E-state index in [1.807, 2.05) is 12.2 Å². The van der Waals surface area contributed by atoms with Crippen molar-refractivity contribution in [2.24, 2.45) is 0 Å². The molecular formula is C26H32FNO4. The molecule has 32 heavy (non-hydrogen) atoms. The van der Waals surface area contributed by atoms with E-state index in [2.05, 4.69) is 27.7 Å². The first kappa shape index (κ1) is 24.1. The van der Waals surface area contributed by atoms with Crippen molar-refractivity contribution in [3.05, 3.63) is 58.7 Å². The Balaban J connectivity index is 2.24. The summed E-state index contributed by atoms with van der Waals surface area (Å²) in [7, 11) is 1.65. The standard InChI is InChI=1S/C26H32FNO4/c1-15(2)25-21(11-10-20-12-19(29)13-23(30)32-20)24(17-6-8-18(27)9-7-17)22(14-31-5)26(28-25)16(3)4/h6-11,15-16,19-20,29H,12-14H2,1-5H3/b11-10+/t19?,20-/m1/s1. The van der Waals surface area contributed by atoms with Gasteiger partial charge in [0.2, 0.25) is 0 Å². The Bertz CT molecular complexity index is 982. The highest BCUT2D eigenvalue weighted by Gasteiger charge is 2.27. The predicted molar refractivity (Wildman–Crippen MR) is 123 cm³/mol. The van der Waals surface area contributed by atoms with Gasteiger partial charge in [0.1, 0.15) is 11.9 Å². The molecule has 1 aliphatic heterocycles. The van der Waals surface area contributed by atoms with Crippen LogP contribution < -0.4 is 0 Å². The highest BCUT2D eigenvalue weighted by atomic mass is 19.1. The van der Waals surface area contributed by atoms with Gasteiger partial charge in [-0.25, -0.2) is 4.39 Å². The van der Waals surface area contributed by atoms with Crippen LogP contribution in [0.3, 0.4) is 0 Å². The van der Waals surface area contributed by atoms with Crippen LogP contribution in [0.4, 0.5) is 4.39 Å². The molecule has 1 unspecified atom stereocenters. The van der Waals surface area contributed by atoms with Crippen molar-refractivity contribution >= 4 is 12.0 Å². The molecular weight excluding hydrogens is 409 g/mol. The van der Waals surface area contributed by atoms with E-state index in [9.17, 15) is 14.3 Å². The maximum Gasteiger partial charge on any atom is 0.309 e. The molecule has 2 aromatic rings. The number of methoxy groups -OCH3 is 1. The number of hydrogen-bond donors (Lipinski definition) is 1. The summed E-state index contributed by atoms with van der Waals surface area (Å²) in [6, 6.07) is 6.42. The zero-order valence-electron chi connectivity index (χ0n) is 19.4. The third kappa shape index (κ3) is 5.43. The highest BCUT2D eigenvalue weighted by molar-refractivity contribution is 5.80. The molecule has 5 nitrogen and oxygen atoms in total. The fourth-order valence-corrected chi connectivity index (χ4v) is 4.13. The summed E-state index contributed by atoms with van der Waals surface area (Å²) in [5, 5.41) is 9.96. The Labute approximate surface area is 189 Å². The number of ether oxygens (including phenoxy) is 2. The average molecular weight is 442 g/mol. The van der Waals surface area contributed by atoms with E-state index in [0.717, 1.165) is 33.6 Å². The number of aromatic nitrogens is 1. The van der Waals surface area contributed by atoms with Crippen molar-refractivity contribution in [1.82, 2.24) is 4.98 Å². The largest absolute Gasteiger partial charge is 0.458 e. The molecule has 2 atom stereocenters. The molecule has 0 aliphatic carbocycles. The van der Waals surface area contributed by atoms with Gasteiger partial charge in [-0.05, 0) is 41.2 Å². The molecule has 172 valence electrons. The van der Waals surface area contributed by atoms with Crippen LogP contribution in [0.15, 0.2) is 30.3 Å². The third-order valence-corrected chi connectivity index (χ3v) is 5.58. The van der Waals surface area contributed by atoms with Crippen LogP contribution in [0, 0.1) is 5.82 Å². The number of aliphatic hydroxyl groups is 1. The number of halogens is 1. The molecule has 3 rings (SSSR count). The minimum absolute atomic E-state index is 0.0189. The summed E-state index contributed by atoms with van der Waals surface area (Å²) in [5.74, 6) is -0.411. The lowest BCUT2D eigenvalue weighted by Crippen LogP contribution is -2.31. The Kier molecular flexibility index (Phi) is 7.80. The van der Waals surface area contributed by atoms with E-state index in [-0.39, 0.29) is 24.1 Å². The summed E-state index contributed by atoms with van der Waals surface area (Å²) in [5.41, 5.74) is 5.51. The van der Waals surface area contributed by atoms with Gasteiger partial charge in [-0.2, -0.15) is 0 Å². The molecule has 0 bridgehead atoms. The first-order chi connectivity index (χ1) is 15.2. The molecule has 1 aliphatic rings. The van der Waals surface area contributed by atoms with Crippen LogP contribution in [0.2, 0.25) is 0 Å². The van der Waals surface area contributed by atoms with E-state index in [1.54, 1.807) is 19.2 Å². The van der Waals surface area contributed by atoms with Crippen molar-refractivity contribution < 1.29 is 23.8 Å². The molecule has 1 fully saturated rings. The Morgan fingerprint density at radius 3 is 2.41 bits per heavy atom. The number of pyridine rings is 1. The van der Waals surface area contributed by atoms with Crippen molar-refractivity contribution in [3.8, 4) is 11.1 Å². The van der Waals surface area contributed by atoms with Crippen molar-refractivity contribution in [3.63, 3.8) is 0 Å². The molecule has 0 amide bonds. The predicted octanol–water partition coefficient (Wildman–Crippen LogP) is 5.36. The lowest BCUT2D eigenvalue weighted by molar-refractivity contribution is -0.156. The average Bonchev–Trinajstić information content (AvgIpc) is 2.72. The number of rotatable bonds is 7. The van der Waals surface area contributed by atoms with Gasteiger partial charge in [-0.15, -0.1) is 0 Å². The maximum absolute atomic E-state index is 13.7. The molecule has 1 aromatic carbocycles. The van der Waals surface area contributed by atoms with Crippen LogP contribution in [-0.2, 0) is 20.9 Å². The second-order valence-electron chi connectivity index (χ2n) is 8.88. The maximum atomic E-state index is 13.7. The summed E-state index contributed by atoms with van der Waals surface area (Å²) < 4.78 is 24.6. The summed E-state index contributed by atoms with van der Waals surface area (Å²) >= 11 is 0. The lowest BCUT2D eigenvalue weighted by atomic mass is 9.87. The number of esters is 1. The first-order valence-corrected chi connectivity index (χ1v) is 11.1. The smallest absolute Gasteiger partial charge is 0.309 e. The number of hydrogen-bond acceptors (Lipinski definition) is 5.